The molecule has 1 aliphatic rings. The molecule has 23 heavy (non-hydrogen) atoms. The van der Waals surface area contributed by atoms with E-state index in [9.17, 15) is 4.79 Å². The average molecular weight is 309 g/mol. The Kier molecular flexibility index (Phi) is 5.06. The van der Waals surface area contributed by atoms with Crippen molar-refractivity contribution in [1.82, 2.24) is 4.98 Å². The number of benzene rings is 1. The molecular formula is C20H23NO2. The molecule has 120 valence electrons. The summed E-state index contributed by atoms with van der Waals surface area (Å²) in [4.78, 5) is 17.2. The molecule has 0 atom stereocenters. The van der Waals surface area contributed by atoms with E-state index in [-0.39, 0.29) is 5.97 Å². The van der Waals surface area contributed by atoms with Gasteiger partial charge in [0.2, 0.25) is 0 Å². The molecule has 1 fully saturated rings. The number of nitrogens with zero attached hydrogens (tertiary/aromatic N) is 1. The predicted octanol–water partition coefficient (Wildman–Crippen LogP) is 4.97. The number of carbonyl (C=O) groups is 1. The molecule has 0 N–H and O–H groups in total. The van der Waals surface area contributed by atoms with Gasteiger partial charge in [-0.2, -0.15) is 0 Å². The van der Waals surface area contributed by atoms with Crippen LogP contribution in [0.15, 0.2) is 42.5 Å². The summed E-state index contributed by atoms with van der Waals surface area (Å²) in [7, 11) is 0. The summed E-state index contributed by atoms with van der Waals surface area (Å²) in [6, 6.07) is 13.9. The van der Waals surface area contributed by atoms with E-state index in [1.807, 2.05) is 37.3 Å². The standard InChI is InChI=1S/C20H23NO2/c1-2-23-20(22)17-13-14-18(15-9-5-3-6-10-15)21-19(17)16-11-7-4-8-12-16/h3,5-6,9-10,13-14,16H,2,4,7-8,11-12H2,1H3. The molecule has 1 heterocycles. The first-order chi connectivity index (χ1) is 11.3. The van der Waals surface area contributed by atoms with Crippen molar-refractivity contribution < 1.29 is 9.53 Å². The molecule has 3 nitrogen and oxygen atoms in total. The first kappa shape index (κ1) is 15.7. The molecule has 1 aromatic heterocycles. The van der Waals surface area contributed by atoms with Crippen molar-refractivity contribution in [2.45, 2.75) is 44.9 Å². The molecule has 2 aromatic rings. The summed E-state index contributed by atoms with van der Waals surface area (Å²) in [6.07, 6.45) is 5.92. The molecule has 3 rings (SSSR count). The number of esters is 1. The number of hydrogen-bond donors (Lipinski definition) is 0. The molecule has 1 aliphatic carbocycles. The van der Waals surface area contributed by atoms with Crippen LogP contribution in [0.2, 0.25) is 0 Å². The molecule has 0 bridgehead atoms. The maximum absolute atomic E-state index is 12.3. The van der Waals surface area contributed by atoms with Crippen LogP contribution in [0.5, 0.6) is 0 Å². The molecule has 0 amide bonds. The van der Waals surface area contributed by atoms with Gasteiger partial charge in [0, 0.05) is 11.5 Å². The third kappa shape index (κ3) is 3.61. The van der Waals surface area contributed by atoms with Gasteiger partial charge < -0.3 is 4.74 Å². The Balaban J connectivity index is 2.01. The average Bonchev–Trinajstić information content (AvgIpc) is 2.63. The molecule has 1 aromatic carbocycles. The quantitative estimate of drug-likeness (QED) is 0.748. The van der Waals surface area contributed by atoms with Gasteiger partial charge >= 0.3 is 5.97 Å². The van der Waals surface area contributed by atoms with E-state index in [0.717, 1.165) is 29.8 Å². The Morgan fingerprint density at radius 3 is 2.52 bits per heavy atom. The fourth-order valence-electron chi connectivity index (χ4n) is 3.31. The number of carbonyl (C=O) groups excluding carboxylic acids is 1. The van der Waals surface area contributed by atoms with Gasteiger partial charge in [0.25, 0.3) is 0 Å². The largest absolute Gasteiger partial charge is 0.462 e. The van der Waals surface area contributed by atoms with Crippen LogP contribution in [0.1, 0.15) is 61.0 Å². The van der Waals surface area contributed by atoms with E-state index in [1.165, 1.54) is 19.3 Å². The van der Waals surface area contributed by atoms with Crippen molar-refractivity contribution in [2.75, 3.05) is 6.61 Å². The fraction of sp³-hybridized carbons (Fsp3) is 0.400. The Bertz CT molecular complexity index is 661. The third-order valence-corrected chi connectivity index (χ3v) is 4.48. The van der Waals surface area contributed by atoms with E-state index < -0.39 is 0 Å². The van der Waals surface area contributed by atoms with Crippen LogP contribution < -0.4 is 0 Å². The molecule has 0 aliphatic heterocycles. The summed E-state index contributed by atoms with van der Waals surface area (Å²) in [5.74, 6) is 0.118. The normalized spacial score (nSPS) is 15.3. The van der Waals surface area contributed by atoms with Crippen molar-refractivity contribution in [3.63, 3.8) is 0 Å². The van der Waals surface area contributed by atoms with Gasteiger partial charge in [-0.1, -0.05) is 49.6 Å². The second-order valence-electron chi connectivity index (χ2n) is 6.05. The Hall–Kier alpha value is -2.16. The summed E-state index contributed by atoms with van der Waals surface area (Å²) in [5.41, 5.74) is 3.57. The minimum absolute atomic E-state index is 0.250. The minimum Gasteiger partial charge on any atom is -0.462 e. The zero-order chi connectivity index (χ0) is 16.1. The number of hydrogen-bond acceptors (Lipinski definition) is 3. The molecule has 3 heteroatoms. The van der Waals surface area contributed by atoms with E-state index >= 15 is 0 Å². The highest BCUT2D eigenvalue weighted by Gasteiger charge is 2.24. The molecule has 0 saturated heterocycles. The van der Waals surface area contributed by atoms with Gasteiger partial charge in [-0.15, -0.1) is 0 Å². The molecule has 0 spiro atoms. The van der Waals surface area contributed by atoms with E-state index in [2.05, 4.69) is 12.1 Å². The van der Waals surface area contributed by atoms with Crippen LogP contribution >= 0.6 is 0 Å². The van der Waals surface area contributed by atoms with Crippen molar-refractivity contribution in [1.29, 1.82) is 0 Å². The maximum Gasteiger partial charge on any atom is 0.339 e. The Morgan fingerprint density at radius 1 is 1.09 bits per heavy atom. The lowest BCUT2D eigenvalue weighted by molar-refractivity contribution is 0.0523. The lowest BCUT2D eigenvalue weighted by Crippen LogP contribution is -2.15. The first-order valence-electron chi connectivity index (χ1n) is 8.53. The van der Waals surface area contributed by atoms with Crippen LogP contribution in [0.25, 0.3) is 11.3 Å². The highest BCUT2D eigenvalue weighted by Crippen LogP contribution is 2.34. The van der Waals surface area contributed by atoms with Crippen molar-refractivity contribution >= 4 is 5.97 Å². The van der Waals surface area contributed by atoms with Gasteiger partial charge in [-0.25, -0.2) is 4.79 Å². The van der Waals surface area contributed by atoms with Crippen molar-refractivity contribution in [3.05, 3.63) is 53.7 Å². The number of aromatic nitrogens is 1. The van der Waals surface area contributed by atoms with E-state index in [0.29, 0.717) is 18.1 Å². The van der Waals surface area contributed by atoms with Crippen molar-refractivity contribution in [2.24, 2.45) is 0 Å². The van der Waals surface area contributed by atoms with Crippen molar-refractivity contribution in [3.8, 4) is 11.3 Å². The molecule has 1 saturated carbocycles. The van der Waals surface area contributed by atoms with Crippen LogP contribution in [-0.2, 0) is 4.74 Å². The number of ether oxygens (including phenoxy) is 1. The first-order valence-corrected chi connectivity index (χ1v) is 8.53. The molecule has 0 radical (unpaired) electrons. The van der Waals surface area contributed by atoms with Gasteiger partial charge in [0.05, 0.1) is 23.6 Å². The topological polar surface area (TPSA) is 39.2 Å². The summed E-state index contributed by atoms with van der Waals surface area (Å²) >= 11 is 0. The lowest BCUT2D eigenvalue weighted by Gasteiger charge is -2.23. The third-order valence-electron chi connectivity index (χ3n) is 4.48. The van der Waals surface area contributed by atoms with Crippen LogP contribution in [0.3, 0.4) is 0 Å². The SMILES string of the molecule is CCOC(=O)c1ccc(-c2ccccc2)nc1C1CCCCC1. The van der Waals surface area contributed by atoms with Crippen LogP contribution in [0, 0.1) is 0 Å². The van der Waals surface area contributed by atoms with Crippen LogP contribution in [0.4, 0.5) is 0 Å². The van der Waals surface area contributed by atoms with Gasteiger partial charge in [-0.3, -0.25) is 4.98 Å². The monoisotopic (exact) mass is 309 g/mol. The highest BCUT2D eigenvalue weighted by atomic mass is 16.5. The Morgan fingerprint density at radius 2 is 1.83 bits per heavy atom. The van der Waals surface area contributed by atoms with Gasteiger partial charge in [0.1, 0.15) is 0 Å². The van der Waals surface area contributed by atoms with E-state index in [1.54, 1.807) is 0 Å². The number of rotatable bonds is 4. The number of pyridine rings is 1. The van der Waals surface area contributed by atoms with E-state index in [4.69, 9.17) is 9.72 Å². The van der Waals surface area contributed by atoms with Crippen LogP contribution in [-0.4, -0.2) is 17.6 Å². The van der Waals surface area contributed by atoms with Gasteiger partial charge in [0.15, 0.2) is 0 Å². The predicted molar refractivity (Wildman–Crippen MR) is 91.5 cm³/mol. The fourth-order valence-corrected chi connectivity index (χ4v) is 3.31. The zero-order valence-corrected chi connectivity index (χ0v) is 13.6. The summed E-state index contributed by atoms with van der Waals surface area (Å²) < 4.78 is 5.23. The molecule has 0 unspecified atom stereocenters. The smallest absolute Gasteiger partial charge is 0.339 e. The van der Waals surface area contributed by atoms with Gasteiger partial charge in [-0.05, 0) is 31.9 Å². The zero-order valence-electron chi connectivity index (χ0n) is 13.6. The Labute approximate surface area is 137 Å². The summed E-state index contributed by atoms with van der Waals surface area (Å²) in [5, 5.41) is 0. The second-order valence-corrected chi connectivity index (χ2v) is 6.05. The maximum atomic E-state index is 12.3. The second kappa shape index (κ2) is 7.40. The highest BCUT2D eigenvalue weighted by molar-refractivity contribution is 5.91. The lowest BCUT2D eigenvalue weighted by atomic mass is 9.84. The molecular weight excluding hydrogens is 286 g/mol. The minimum atomic E-state index is -0.250. The summed E-state index contributed by atoms with van der Waals surface area (Å²) in [6.45, 7) is 2.23.